The number of hydrogen-bond donors (Lipinski definition) is 1. The topological polar surface area (TPSA) is 35.2 Å². The van der Waals surface area contributed by atoms with E-state index in [0.29, 0.717) is 6.54 Å². The van der Waals surface area contributed by atoms with E-state index in [9.17, 15) is 0 Å². The van der Waals surface area contributed by atoms with E-state index in [1.165, 1.54) is 16.0 Å². The lowest BCUT2D eigenvalue weighted by Crippen LogP contribution is -2.02. The summed E-state index contributed by atoms with van der Waals surface area (Å²) in [5.74, 6) is 2.71. The first-order chi connectivity index (χ1) is 10.1. The molecule has 0 aliphatic heterocycles. The maximum Gasteiger partial charge on any atom is 0.133 e. The molecule has 2 rings (SSSR count). The molecule has 112 valence electrons. The van der Waals surface area contributed by atoms with Crippen molar-refractivity contribution in [1.29, 1.82) is 0 Å². The molecule has 0 radical (unpaired) electrons. The molecule has 2 N–H and O–H groups in total. The lowest BCUT2D eigenvalue weighted by atomic mass is 10.1. The quantitative estimate of drug-likeness (QED) is 0.717. The van der Waals surface area contributed by atoms with Crippen molar-refractivity contribution in [2.24, 2.45) is 5.73 Å². The maximum atomic E-state index is 6.09. The van der Waals surface area contributed by atoms with E-state index in [-0.39, 0.29) is 0 Å². The summed E-state index contributed by atoms with van der Waals surface area (Å²) in [6.07, 6.45) is 0. The number of thioether (sulfide) groups is 1. The molecule has 0 aliphatic carbocycles. The number of halogens is 1. The van der Waals surface area contributed by atoms with Gasteiger partial charge in [0.05, 0.1) is 0 Å². The lowest BCUT2D eigenvalue weighted by Gasteiger charge is -2.15. The summed E-state index contributed by atoms with van der Waals surface area (Å²) < 4.78 is 7.22. The molecule has 0 unspecified atom stereocenters. The van der Waals surface area contributed by atoms with E-state index in [1.54, 1.807) is 11.8 Å². The third kappa shape index (κ3) is 3.82. The molecule has 0 saturated carbocycles. The van der Waals surface area contributed by atoms with Crippen LogP contribution < -0.4 is 10.5 Å². The van der Waals surface area contributed by atoms with Crippen molar-refractivity contribution >= 4 is 27.7 Å². The first kappa shape index (κ1) is 16.4. The van der Waals surface area contributed by atoms with Gasteiger partial charge in [-0.1, -0.05) is 28.9 Å². The van der Waals surface area contributed by atoms with Crippen molar-refractivity contribution in [2.75, 3.05) is 5.75 Å². The number of rotatable bonds is 5. The number of aryl methyl sites for hydroxylation is 2. The summed E-state index contributed by atoms with van der Waals surface area (Å²) >= 11 is 5.37. The lowest BCUT2D eigenvalue weighted by molar-refractivity contribution is 0.473. The van der Waals surface area contributed by atoms with E-state index in [0.717, 1.165) is 27.3 Å². The molecule has 0 heterocycles. The Morgan fingerprint density at radius 3 is 2.43 bits per heavy atom. The van der Waals surface area contributed by atoms with Gasteiger partial charge in [0.25, 0.3) is 0 Å². The molecule has 2 aromatic carbocycles. The van der Waals surface area contributed by atoms with Crippen LogP contribution in [0.15, 0.2) is 39.7 Å². The highest BCUT2D eigenvalue weighted by atomic mass is 79.9. The minimum Gasteiger partial charge on any atom is -0.457 e. The van der Waals surface area contributed by atoms with Crippen molar-refractivity contribution in [3.05, 3.63) is 51.5 Å². The molecule has 2 aromatic rings. The van der Waals surface area contributed by atoms with Crippen LogP contribution in [0, 0.1) is 13.8 Å². The second-order valence-corrected chi connectivity index (χ2v) is 6.94. The van der Waals surface area contributed by atoms with Gasteiger partial charge < -0.3 is 10.5 Å². The second-order valence-electron chi connectivity index (χ2n) is 4.84. The fourth-order valence-electron chi connectivity index (χ4n) is 2.23. The molecular weight excluding hydrogens is 346 g/mol. The Labute approximate surface area is 139 Å². The van der Waals surface area contributed by atoms with Gasteiger partial charge in [-0.2, -0.15) is 0 Å². The van der Waals surface area contributed by atoms with Gasteiger partial charge in [0, 0.05) is 21.5 Å². The van der Waals surface area contributed by atoms with Crippen LogP contribution in [0.1, 0.15) is 23.6 Å². The third-order valence-electron chi connectivity index (χ3n) is 3.23. The van der Waals surface area contributed by atoms with Gasteiger partial charge in [-0.3, -0.25) is 0 Å². The molecular formula is C17H20BrNOS. The predicted molar refractivity (Wildman–Crippen MR) is 94.4 cm³/mol. The molecule has 0 aromatic heterocycles. The maximum absolute atomic E-state index is 6.09. The highest BCUT2D eigenvalue weighted by Crippen LogP contribution is 2.34. The predicted octanol–water partition coefficient (Wildman–Crippen LogP) is 5.43. The fourth-order valence-corrected chi connectivity index (χ4v) is 3.30. The summed E-state index contributed by atoms with van der Waals surface area (Å²) in [6, 6.07) is 10.2. The van der Waals surface area contributed by atoms with E-state index < -0.39 is 0 Å². The van der Waals surface area contributed by atoms with Gasteiger partial charge in [0.15, 0.2) is 0 Å². The van der Waals surface area contributed by atoms with Crippen LogP contribution in [0.5, 0.6) is 11.5 Å². The largest absolute Gasteiger partial charge is 0.457 e. The molecule has 0 amide bonds. The minimum absolute atomic E-state index is 0.479. The SMILES string of the molecule is CCSc1cccc(Oc2cc(C)c(Br)c(C)c2)c1CN. The average Bonchev–Trinajstić information content (AvgIpc) is 2.45. The van der Waals surface area contributed by atoms with Crippen molar-refractivity contribution < 1.29 is 4.74 Å². The van der Waals surface area contributed by atoms with Crippen LogP contribution in [0.25, 0.3) is 0 Å². The first-order valence-electron chi connectivity index (χ1n) is 6.96. The van der Waals surface area contributed by atoms with Crippen molar-refractivity contribution in [3.63, 3.8) is 0 Å². The number of benzene rings is 2. The molecule has 4 heteroatoms. The molecule has 0 bridgehead atoms. The Morgan fingerprint density at radius 1 is 1.19 bits per heavy atom. The zero-order valence-corrected chi connectivity index (χ0v) is 15.0. The highest BCUT2D eigenvalue weighted by molar-refractivity contribution is 9.10. The van der Waals surface area contributed by atoms with Crippen molar-refractivity contribution in [2.45, 2.75) is 32.2 Å². The van der Waals surface area contributed by atoms with Crippen LogP contribution in [0.3, 0.4) is 0 Å². The number of nitrogens with two attached hydrogens (primary N) is 1. The normalized spacial score (nSPS) is 10.7. The summed E-state index contributed by atoms with van der Waals surface area (Å²) in [5.41, 5.74) is 9.32. The summed E-state index contributed by atoms with van der Waals surface area (Å²) in [7, 11) is 0. The van der Waals surface area contributed by atoms with Crippen LogP contribution >= 0.6 is 27.7 Å². The molecule has 0 atom stereocenters. The average molecular weight is 366 g/mol. The number of ether oxygens (including phenoxy) is 1. The molecule has 0 fully saturated rings. The zero-order valence-electron chi connectivity index (χ0n) is 12.6. The van der Waals surface area contributed by atoms with Crippen LogP contribution in [0.2, 0.25) is 0 Å². The standard InChI is InChI=1S/C17H20BrNOS/c1-4-21-16-7-5-6-15(14(16)10-19)20-13-8-11(2)17(18)12(3)9-13/h5-9H,4,10,19H2,1-3H3. The first-order valence-corrected chi connectivity index (χ1v) is 8.74. The Kier molecular flexibility index (Phi) is 5.73. The Morgan fingerprint density at radius 2 is 1.86 bits per heavy atom. The molecule has 0 spiro atoms. The van der Waals surface area contributed by atoms with Crippen LogP contribution in [-0.4, -0.2) is 5.75 Å². The highest BCUT2D eigenvalue weighted by Gasteiger charge is 2.10. The van der Waals surface area contributed by atoms with E-state index in [2.05, 4.69) is 42.8 Å². The third-order valence-corrected chi connectivity index (χ3v) is 5.46. The van der Waals surface area contributed by atoms with Gasteiger partial charge in [0.1, 0.15) is 11.5 Å². The minimum atomic E-state index is 0.479. The zero-order chi connectivity index (χ0) is 15.4. The van der Waals surface area contributed by atoms with E-state index in [1.807, 2.05) is 24.3 Å². The van der Waals surface area contributed by atoms with Crippen LogP contribution in [-0.2, 0) is 6.54 Å². The van der Waals surface area contributed by atoms with E-state index >= 15 is 0 Å². The molecule has 2 nitrogen and oxygen atoms in total. The Balaban J connectivity index is 2.37. The van der Waals surface area contributed by atoms with Gasteiger partial charge in [0.2, 0.25) is 0 Å². The molecule has 0 saturated heterocycles. The Bertz CT molecular complexity index is 620. The fraction of sp³-hybridized carbons (Fsp3) is 0.294. The van der Waals surface area contributed by atoms with Gasteiger partial charge in [-0.05, 0) is 55.0 Å². The monoisotopic (exact) mass is 365 g/mol. The van der Waals surface area contributed by atoms with Crippen LogP contribution in [0.4, 0.5) is 0 Å². The van der Waals surface area contributed by atoms with Gasteiger partial charge in [-0.25, -0.2) is 0 Å². The Hall–Kier alpha value is -0.970. The van der Waals surface area contributed by atoms with Crippen molar-refractivity contribution in [1.82, 2.24) is 0 Å². The van der Waals surface area contributed by atoms with Gasteiger partial charge >= 0.3 is 0 Å². The smallest absolute Gasteiger partial charge is 0.133 e. The second kappa shape index (κ2) is 7.34. The summed E-state index contributed by atoms with van der Waals surface area (Å²) in [5, 5.41) is 0. The summed E-state index contributed by atoms with van der Waals surface area (Å²) in [6.45, 7) is 6.75. The molecule has 21 heavy (non-hydrogen) atoms. The molecule has 0 aliphatic rings. The van der Waals surface area contributed by atoms with E-state index in [4.69, 9.17) is 10.5 Å². The number of hydrogen-bond acceptors (Lipinski definition) is 3. The van der Waals surface area contributed by atoms with Crippen molar-refractivity contribution in [3.8, 4) is 11.5 Å². The summed E-state index contributed by atoms with van der Waals surface area (Å²) in [4.78, 5) is 1.20. The van der Waals surface area contributed by atoms with Gasteiger partial charge in [-0.15, -0.1) is 11.8 Å².